The Morgan fingerprint density at radius 2 is 1.67 bits per heavy atom. The molecular weight excluding hydrogens is 284 g/mol. The van der Waals surface area contributed by atoms with E-state index in [1.807, 2.05) is 17.0 Å². The van der Waals surface area contributed by atoms with E-state index in [2.05, 4.69) is 26.0 Å². The Hall–Kier alpha value is -2.85. The van der Waals surface area contributed by atoms with Crippen molar-refractivity contribution in [3.63, 3.8) is 0 Å². The van der Waals surface area contributed by atoms with Gasteiger partial charge in [0.05, 0.1) is 18.9 Å². The summed E-state index contributed by atoms with van der Waals surface area (Å²) in [6, 6.07) is 5.89. The molecule has 0 N–H and O–H groups in total. The van der Waals surface area contributed by atoms with Gasteiger partial charge < -0.3 is 4.90 Å². The molecule has 0 fully saturated rings. The molecule has 0 radical (unpaired) electrons. The van der Waals surface area contributed by atoms with Gasteiger partial charge in [-0.25, -0.2) is 9.97 Å². The molecule has 3 rings (SSSR count). The quantitative estimate of drug-likeness (QED) is 0.735. The van der Waals surface area contributed by atoms with Crippen molar-refractivity contribution in [2.24, 2.45) is 0 Å². The van der Waals surface area contributed by atoms with Gasteiger partial charge >= 0.3 is 0 Å². The van der Waals surface area contributed by atoms with Gasteiger partial charge in [-0.3, -0.25) is 9.97 Å². The standard InChI is InChI=1S/C14H10N6S/c15-7-11-1-2-12(21-11)10-20(13-8-16-3-5-18-13)14-9-17-4-6-19-14/h1-6,8-9H,10H2. The first-order chi connectivity index (χ1) is 10.4. The molecule has 0 amide bonds. The van der Waals surface area contributed by atoms with Crippen LogP contribution in [0.25, 0.3) is 0 Å². The highest BCUT2D eigenvalue weighted by Crippen LogP contribution is 2.25. The van der Waals surface area contributed by atoms with Gasteiger partial charge in [0, 0.05) is 29.7 Å². The summed E-state index contributed by atoms with van der Waals surface area (Å²) in [6.07, 6.45) is 9.86. The summed E-state index contributed by atoms with van der Waals surface area (Å²) in [5.41, 5.74) is 0. The number of nitrogens with zero attached hydrogens (tertiary/aromatic N) is 6. The fourth-order valence-corrected chi connectivity index (χ4v) is 2.61. The fourth-order valence-electron chi connectivity index (χ4n) is 1.82. The normalized spacial score (nSPS) is 10.0. The summed E-state index contributed by atoms with van der Waals surface area (Å²) in [6.45, 7) is 0.559. The third kappa shape index (κ3) is 3.01. The van der Waals surface area contributed by atoms with E-state index in [-0.39, 0.29) is 0 Å². The number of thiophene rings is 1. The topological polar surface area (TPSA) is 78.6 Å². The zero-order valence-corrected chi connectivity index (χ0v) is 11.7. The number of anilines is 2. The number of rotatable bonds is 4. The Morgan fingerprint density at radius 3 is 2.14 bits per heavy atom. The Morgan fingerprint density at radius 1 is 1.00 bits per heavy atom. The molecule has 0 aromatic carbocycles. The van der Waals surface area contributed by atoms with Crippen molar-refractivity contribution < 1.29 is 0 Å². The maximum absolute atomic E-state index is 8.92. The first-order valence-electron chi connectivity index (χ1n) is 6.15. The third-order valence-electron chi connectivity index (χ3n) is 2.74. The average Bonchev–Trinajstić information content (AvgIpc) is 3.02. The minimum atomic E-state index is 0.559. The predicted octanol–water partition coefficient (Wildman–Crippen LogP) is 2.54. The molecule has 6 nitrogen and oxygen atoms in total. The van der Waals surface area contributed by atoms with Crippen molar-refractivity contribution in [2.45, 2.75) is 6.54 Å². The predicted molar refractivity (Wildman–Crippen MR) is 78.9 cm³/mol. The first kappa shape index (κ1) is 13.1. The molecule has 0 spiro atoms. The highest BCUT2D eigenvalue weighted by atomic mass is 32.1. The van der Waals surface area contributed by atoms with Crippen LogP contribution in [0.15, 0.2) is 49.3 Å². The van der Waals surface area contributed by atoms with Crippen LogP contribution in [0.4, 0.5) is 11.6 Å². The van der Waals surface area contributed by atoms with Crippen molar-refractivity contribution in [1.29, 1.82) is 5.26 Å². The molecule has 102 valence electrons. The van der Waals surface area contributed by atoms with E-state index in [1.165, 1.54) is 11.3 Å². The number of hydrogen-bond donors (Lipinski definition) is 0. The second-order valence-corrected chi connectivity index (χ2v) is 5.26. The second kappa shape index (κ2) is 6.07. The highest BCUT2D eigenvalue weighted by Gasteiger charge is 2.14. The van der Waals surface area contributed by atoms with Crippen molar-refractivity contribution in [1.82, 2.24) is 19.9 Å². The van der Waals surface area contributed by atoms with E-state index in [1.54, 1.807) is 37.2 Å². The van der Waals surface area contributed by atoms with Crippen LogP contribution in [-0.2, 0) is 6.54 Å². The van der Waals surface area contributed by atoms with Crippen LogP contribution in [0, 0.1) is 11.3 Å². The van der Waals surface area contributed by atoms with Gasteiger partial charge in [0.2, 0.25) is 0 Å². The van der Waals surface area contributed by atoms with Gasteiger partial charge in [-0.15, -0.1) is 11.3 Å². The molecule has 0 saturated heterocycles. The molecule has 0 unspecified atom stereocenters. The lowest BCUT2D eigenvalue weighted by molar-refractivity contribution is 0.919. The minimum Gasteiger partial charge on any atom is -0.303 e. The lowest BCUT2D eigenvalue weighted by Gasteiger charge is -2.20. The number of nitriles is 1. The molecule has 0 saturated carbocycles. The molecule has 0 aliphatic rings. The van der Waals surface area contributed by atoms with E-state index < -0.39 is 0 Å². The van der Waals surface area contributed by atoms with Gasteiger partial charge in [-0.05, 0) is 12.1 Å². The SMILES string of the molecule is N#Cc1ccc(CN(c2cnccn2)c2cnccn2)s1. The second-order valence-electron chi connectivity index (χ2n) is 4.09. The van der Waals surface area contributed by atoms with Gasteiger partial charge in [0.15, 0.2) is 11.6 Å². The van der Waals surface area contributed by atoms with Crippen LogP contribution in [0.2, 0.25) is 0 Å². The van der Waals surface area contributed by atoms with E-state index in [4.69, 9.17) is 5.26 Å². The maximum atomic E-state index is 8.92. The van der Waals surface area contributed by atoms with Gasteiger partial charge in [0.1, 0.15) is 10.9 Å². The lowest BCUT2D eigenvalue weighted by atomic mass is 10.4. The Balaban J connectivity index is 1.95. The summed E-state index contributed by atoms with van der Waals surface area (Å²) < 4.78 is 0. The molecule has 3 aromatic heterocycles. The van der Waals surface area contributed by atoms with E-state index >= 15 is 0 Å². The molecule has 21 heavy (non-hydrogen) atoms. The molecule has 0 bridgehead atoms. The zero-order chi connectivity index (χ0) is 14.5. The average molecular weight is 294 g/mol. The van der Waals surface area contributed by atoms with Crippen molar-refractivity contribution in [3.05, 3.63) is 59.1 Å². The van der Waals surface area contributed by atoms with E-state index in [9.17, 15) is 0 Å². The fraction of sp³-hybridized carbons (Fsp3) is 0.0714. The summed E-state index contributed by atoms with van der Waals surface area (Å²) >= 11 is 1.45. The Labute approximate surface area is 125 Å². The lowest BCUT2D eigenvalue weighted by Crippen LogP contribution is -2.18. The van der Waals surface area contributed by atoms with E-state index in [0.29, 0.717) is 23.1 Å². The molecular formula is C14H10N6S. The summed E-state index contributed by atoms with van der Waals surface area (Å²) in [5, 5.41) is 8.92. The monoisotopic (exact) mass is 294 g/mol. The summed E-state index contributed by atoms with van der Waals surface area (Å²) in [4.78, 5) is 20.5. The van der Waals surface area contributed by atoms with Crippen molar-refractivity contribution >= 4 is 23.0 Å². The molecule has 3 aromatic rings. The van der Waals surface area contributed by atoms with E-state index in [0.717, 1.165) is 4.88 Å². The molecule has 7 heteroatoms. The summed E-state index contributed by atoms with van der Waals surface area (Å²) in [7, 11) is 0. The first-order valence-corrected chi connectivity index (χ1v) is 6.97. The van der Waals surface area contributed by atoms with Crippen LogP contribution in [0.3, 0.4) is 0 Å². The molecule has 0 aliphatic carbocycles. The molecule has 0 atom stereocenters. The van der Waals surface area contributed by atoms with Crippen molar-refractivity contribution in [2.75, 3.05) is 4.90 Å². The minimum absolute atomic E-state index is 0.559. The van der Waals surface area contributed by atoms with Crippen LogP contribution in [0.5, 0.6) is 0 Å². The Kier molecular flexibility index (Phi) is 3.80. The van der Waals surface area contributed by atoms with Crippen molar-refractivity contribution in [3.8, 4) is 6.07 Å². The van der Waals surface area contributed by atoms with Gasteiger partial charge in [-0.2, -0.15) is 5.26 Å². The smallest absolute Gasteiger partial charge is 0.153 e. The number of aromatic nitrogens is 4. The van der Waals surface area contributed by atoms with Crippen LogP contribution < -0.4 is 4.90 Å². The highest BCUT2D eigenvalue weighted by molar-refractivity contribution is 7.12. The Bertz CT molecular complexity index is 710. The molecule has 3 heterocycles. The zero-order valence-electron chi connectivity index (χ0n) is 10.9. The van der Waals surface area contributed by atoms with Crippen LogP contribution in [0.1, 0.15) is 9.75 Å². The third-order valence-corrected chi connectivity index (χ3v) is 3.71. The van der Waals surface area contributed by atoms with Gasteiger partial charge in [-0.1, -0.05) is 0 Å². The number of hydrogen-bond acceptors (Lipinski definition) is 7. The molecule has 0 aliphatic heterocycles. The largest absolute Gasteiger partial charge is 0.303 e. The summed E-state index contributed by atoms with van der Waals surface area (Å²) in [5.74, 6) is 1.37. The van der Waals surface area contributed by atoms with Crippen LogP contribution >= 0.6 is 11.3 Å². The maximum Gasteiger partial charge on any atom is 0.153 e. The van der Waals surface area contributed by atoms with Crippen LogP contribution in [-0.4, -0.2) is 19.9 Å². The van der Waals surface area contributed by atoms with Gasteiger partial charge in [0.25, 0.3) is 0 Å².